The van der Waals surface area contributed by atoms with Crippen LogP contribution in [0, 0.1) is 0 Å². The fraction of sp³-hybridized carbons (Fsp3) is 0.261. The van der Waals surface area contributed by atoms with Crippen molar-refractivity contribution in [1.82, 2.24) is 15.0 Å². The molecule has 4 rings (SSSR count). The van der Waals surface area contributed by atoms with E-state index in [0.717, 1.165) is 35.4 Å². The molecule has 0 unspecified atom stereocenters. The minimum absolute atomic E-state index is 0. The highest BCUT2D eigenvalue weighted by molar-refractivity contribution is 7.22. The second-order valence-electron chi connectivity index (χ2n) is 6.89. The molecule has 4 aromatic rings. The quantitative estimate of drug-likeness (QED) is 0.357. The number of fused-ring (bicyclic) bond motifs is 1. The molecule has 0 bridgehead atoms. The summed E-state index contributed by atoms with van der Waals surface area (Å²) in [7, 11) is 0. The van der Waals surface area contributed by atoms with Gasteiger partial charge >= 0.3 is 0 Å². The number of carbonyl (C=O) groups is 1. The number of halogens is 1. The zero-order valence-electron chi connectivity index (χ0n) is 17.5. The lowest BCUT2D eigenvalue weighted by Gasteiger charge is -2.24. The van der Waals surface area contributed by atoms with Crippen LogP contribution in [0.5, 0.6) is 0 Å². The summed E-state index contributed by atoms with van der Waals surface area (Å²) < 4.78 is 6.51. The SMILES string of the molecule is CCN(CC)CCN(C(=O)c1cc(-c2ccccc2)on1)c1nc2ccccc2s1.Cl. The fourth-order valence-electron chi connectivity index (χ4n) is 3.29. The topological polar surface area (TPSA) is 62.5 Å². The van der Waals surface area contributed by atoms with Gasteiger partial charge < -0.3 is 9.42 Å². The van der Waals surface area contributed by atoms with Crippen LogP contribution in [0.4, 0.5) is 5.13 Å². The van der Waals surface area contributed by atoms with Gasteiger partial charge in [0.15, 0.2) is 16.6 Å². The summed E-state index contributed by atoms with van der Waals surface area (Å²) in [6.07, 6.45) is 0. The third kappa shape index (κ3) is 5.12. The van der Waals surface area contributed by atoms with E-state index < -0.39 is 0 Å². The van der Waals surface area contributed by atoms with Gasteiger partial charge in [-0.25, -0.2) is 4.98 Å². The van der Waals surface area contributed by atoms with E-state index in [9.17, 15) is 4.79 Å². The minimum atomic E-state index is -0.202. The lowest BCUT2D eigenvalue weighted by Crippen LogP contribution is -2.39. The monoisotopic (exact) mass is 456 g/mol. The van der Waals surface area contributed by atoms with Crippen molar-refractivity contribution in [3.63, 3.8) is 0 Å². The highest BCUT2D eigenvalue weighted by Crippen LogP contribution is 2.30. The van der Waals surface area contributed by atoms with Crippen LogP contribution >= 0.6 is 23.7 Å². The molecule has 31 heavy (non-hydrogen) atoms. The van der Waals surface area contributed by atoms with Crippen molar-refractivity contribution < 1.29 is 9.32 Å². The van der Waals surface area contributed by atoms with Crippen LogP contribution in [0.2, 0.25) is 0 Å². The molecule has 0 aliphatic rings. The van der Waals surface area contributed by atoms with E-state index in [1.165, 1.54) is 11.3 Å². The first-order chi connectivity index (χ1) is 14.7. The molecule has 2 aromatic heterocycles. The molecule has 0 N–H and O–H groups in total. The van der Waals surface area contributed by atoms with Crippen LogP contribution in [0.15, 0.2) is 65.2 Å². The summed E-state index contributed by atoms with van der Waals surface area (Å²) in [6, 6.07) is 19.3. The summed E-state index contributed by atoms with van der Waals surface area (Å²) in [4.78, 5) is 22.1. The summed E-state index contributed by atoms with van der Waals surface area (Å²) in [5.41, 5.74) is 2.06. The zero-order chi connectivity index (χ0) is 20.9. The number of hydrogen-bond donors (Lipinski definition) is 0. The number of para-hydroxylation sites is 1. The maximum Gasteiger partial charge on any atom is 0.282 e. The Hall–Kier alpha value is -2.74. The molecule has 0 fully saturated rings. The molecule has 0 aliphatic carbocycles. The van der Waals surface area contributed by atoms with Crippen molar-refractivity contribution in [2.45, 2.75) is 13.8 Å². The third-order valence-corrected chi connectivity index (χ3v) is 6.14. The molecular weight excluding hydrogens is 432 g/mol. The van der Waals surface area contributed by atoms with Gasteiger partial charge in [0.1, 0.15) is 0 Å². The van der Waals surface area contributed by atoms with E-state index in [1.54, 1.807) is 11.0 Å². The Balaban J connectivity index is 0.00000272. The number of benzene rings is 2. The van der Waals surface area contributed by atoms with Gasteiger partial charge in [-0.15, -0.1) is 12.4 Å². The third-order valence-electron chi connectivity index (χ3n) is 5.08. The first-order valence-corrected chi connectivity index (χ1v) is 10.9. The van der Waals surface area contributed by atoms with Crippen molar-refractivity contribution >= 4 is 45.0 Å². The number of rotatable bonds is 8. The van der Waals surface area contributed by atoms with Gasteiger partial charge in [-0.05, 0) is 25.2 Å². The number of carbonyl (C=O) groups excluding carboxylic acids is 1. The molecule has 0 radical (unpaired) electrons. The second kappa shape index (κ2) is 10.5. The Morgan fingerprint density at radius 3 is 2.42 bits per heavy atom. The number of likely N-dealkylation sites (N-methyl/N-ethyl adjacent to an activating group) is 1. The Morgan fingerprint density at radius 2 is 1.71 bits per heavy atom. The average molecular weight is 457 g/mol. The number of nitrogens with zero attached hydrogens (tertiary/aromatic N) is 4. The average Bonchev–Trinajstić information content (AvgIpc) is 3.44. The van der Waals surface area contributed by atoms with Gasteiger partial charge in [0.05, 0.1) is 10.2 Å². The predicted octanol–water partition coefficient (Wildman–Crippen LogP) is 5.36. The van der Waals surface area contributed by atoms with E-state index >= 15 is 0 Å². The molecule has 0 aliphatic heterocycles. The van der Waals surface area contributed by atoms with Crippen LogP contribution in [0.1, 0.15) is 24.3 Å². The van der Waals surface area contributed by atoms with E-state index in [2.05, 4.69) is 23.9 Å². The van der Waals surface area contributed by atoms with Crippen molar-refractivity contribution in [2.24, 2.45) is 0 Å². The number of anilines is 1. The predicted molar refractivity (Wildman–Crippen MR) is 128 cm³/mol. The fourth-order valence-corrected chi connectivity index (χ4v) is 4.28. The van der Waals surface area contributed by atoms with E-state index in [-0.39, 0.29) is 24.0 Å². The first kappa shape index (κ1) is 22.9. The summed E-state index contributed by atoms with van der Waals surface area (Å²) >= 11 is 1.52. The highest BCUT2D eigenvalue weighted by Gasteiger charge is 2.25. The summed E-state index contributed by atoms with van der Waals surface area (Å²) in [5.74, 6) is 0.374. The zero-order valence-corrected chi connectivity index (χ0v) is 19.2. The smallest absolute Gasteiger partial charge is 0.282 e. The molecule has 0 saturated heterocycles. The molecule has 0 atom stereocenters. The van der Waals surface area contributed by atoms with Crippen molar-refractivity contribution in [3.8, 4) is 11.3 Å². The van der Waals surface area contributed by atoms with E-state index in [1.807, 2.05) is 54.6 Å². The number of thiazole rings is 1. The van der Waals surface area contributed by atoms with Gasteiger partial charge in [0.25, 0.3) is 5.91 Å². The maximum absolute atomic E-state index is 13.4. The standard InChI is InChI=1S/C23H24N4O2S.ClH/c1-3-26(4-2)14-15-27(23-24-18-12-8-9-13-21(18)30-23)22(28)19-16-20(29-25-19)17-10-6-5-7-11-17;/h5-13,16H,3-4,14-15H2,1-2H3;1H. The number of amides is 1. The Bertz CT molecular complexity index is 1090. The number of hydrogen-bond acceptors (Lipinski definition) is 6. The van der Waals surface area contributed by atoms with Crippen LogP contribution in [0.3, 0.4) is 0 Å². The van der Waals surface area contributed by atoms with Crippen LogP contribution < -0.4 is 4.90 Å². The Labute approximate surface area is 191 Å². The van der Waals surface area contributed by atoms with Crippen LogP contribution in [-0.4, -0.2) is 47.1 Å². The number of aromatic nitrogens is 2. The van der Waals surface area contributed by atoms with Crippen LogP contribution in [0.25, 0.3) is 21.5 Å². The molecule has 2 heterocycles. The molecule has 6 nitrogen and oxygen atoms in total. The van der Waals surface area contributed by atoms with E-state index in [4.69, 9.17) is 9.51 Å². The largest absolute Gasteiger partial charge is 0.355 e. The lowest BCUT2D eigenvalue weighted by atomic mass is 10.1. The van der Waals surface area contributed by atoms with Gasteiger partial charge in [0, 0.05) is 24.7 Å². The molecular formula is C23H25ClN4O2S. The van der Waals surface area contributed by atoms with Gasteiger partial charge in [-0.3, -0.25) is 9.69 Å². The second-order valence-corrected chi connectivity index (χ2v) is 7.90. The molecule has 8 heteroatoms. The maximum atomic E-state index is 13.4. The molecule has 2 aromatic carbocycles. The van der Waals surface area contributed by atoms with Crippen molar-refractivity contribution in [1.29, 1.82) is 0 Å². The summed E-state index contributed by atoms with van der Waals surface area (Å²) in [6.45, 7) is 7.40. The normalized spacial score (nSPS) is 10.9. The molecule has 1 amide bonds. The Morgan fingerprint density at radius 1 is 1.00 bits per heavy atom. The van der Waals surface area contributed by atoms with Crippen molar-refractivity contribution in [3.05, 3.63) is 66.4 Å². The first-order valence-electron chi connectivity index (χ1n) is 10.1. The minimum Gasteiger partial charge on any atom is -0.355 e. The molecule has 162 valence electrons. The van der Waals surface area contributed by atoms with Gasteiger partial charge in [-0.2, -0.15) is 0 Å². The highest BCUT2D eigenvalue weighted by atomic mass is 35.5. The van der Waals surface area contributed by atoms with Gasteiger partial charge in [-0.1, -0.05) is 72.8 Å². The lowest BCUT2D eigenvalue weighted by molar-refractivity contribution is 0.0975. The van der Waals surface area contributed by atoms with Crippen molar-refractivity contribution in [2.75, 3.05) is 31.1 Å². The van der Waals surface area contributed by atoms with Crippen LogP contribution in [-0.2, 0) is 0 Å². The van der Waals surface area contributed by atoms with Gasteiger partial charge in [0.2, 0.25) is 0 Å². The molecule has 0 saturated carbocycles. The molecule has 0 spiro atoms. The Kier molecular flexibility index (Phi) is 7.79. The van der Waals surface area contributed by atoms with E-state index in [0.29, 0.717) is 17.4 Å². The summed E-state index contributed by atoms with van der Waals surface area (Å²) in [5, 5.41) is 4.74.